The van der Waals surface area contributed by atoms with Crippen LogP contribution in [0.25, 0.3) is 0 Å². The summed E-state index contributed by atoms with van der Waals surface area (Å²) in [6.45, 7) is 2.83. The summed E-state index contributed by atoms with van der Waals surface area (Å²) in [5.74, 6) is 0. The van der Waals surface area contributed by atoms with Crippen molar-refractivity contribution in [3.63, 3.8) is 0 Å². The Morgan fingerprint density at radius 2 is 1.80 bits per heavy atom. The Morgan fingerprint density at radius 3 is 2.48 bits per heavy atom. The molecule has 0 radical (unpaired) electrons. The molecule has 1 aliphatic heterocycles. The third kappa shape index (κ3) is 4.54. The van der Waals surface area contributed by atoms with E-state index < -0.39 is 11.7 Å². The molecular weight excluding hydrogens is 329 g/mol. The first-order valence-electron chi connectivity index (χ1n) is 9.23. The van der Waals surface area contributed by atoms with Gasteiger partial charge in [-0.25, -0.2) is 0 Å². The summed E-state index contributed by atoms with van der Waals surface area (Å²) in [6, 6.07) is 6.67. The van der Waals surface area contributed by atoms with Crippen LogP contribution in [-0.4, -0.2) is 53.2 Å². The van der Waals surface area contributed by atoms with E-state index in [-0.39, 0.29) is 12.6 Å². The molecule has 6 heteroatoms. The maximum atomic E-state index is 13.2. The van der Waals surface area contributed by atoms with Crippen molar-refractivity contribution < 1.29 is 18.3 Å². The van der Waals surface area contributed by atoms with Gasteiger partial charge in [0, 0.05) is 44.9 Å². The number of nitrogens with zero attached hydrogens (tertiary/aromatic N) is 2. The first-order chi connectivity index (χ1) is 12.0. The molecule has 1 heterocycles. The van der Waals surface area contributed by atoms with Gasteiger partial charge in [0.05, 0.1) is 5.56 Å². The fraction of sp³-hybridized carbons (Fsp3) is 0.684. The van der Waals surface area contributed by atoms with E-state index in [9.17, 15) is 18.3 Å². The van der Waals surface area contributed by atoms with Gasteiger partial charge < -0.3 is 5.11 Å². The Labute approximate surface area is 147 Å². The van der Waals surface area contributed by atoms with Crippen molar-refractivity contribution in [3.8, 4) is 0 Å². The number of hydrogen-bond donors (Lipinski definition) is 1. The largest absolute Gasteiger partial charge is 0.416 e. The molecule has 1 aliphatic carbocycles. The van der Waals surface area contributed by atoms with Crippen LogP contribution in [0.5, 0.6) is 0 Å². The van der Waals surface area contributed by atoms with Crippen LogP contribution < -0.4 is 0 Å². The monoisotopic (exact) mass is 356 g/mol. The topological polar surface area (TPSA) is 26.7 Å². The summed E-state index contributed by atoms with van der Waals surface area (Å²) in [6.07, 6.45) is 1.31. The molecule has 140 valence electrons. The Hall–Kier alpha value is -1.11. The van der Waals surface area contributed by atoms with Gasteiger partial charge in [0.15, 0.2) is 0 Å². The second kappa shape index (κ2) is 8.06. The van der Waals surface area contributed by atoms with E-state index in [0.29, 0.717) is 24.6 Å². The van der Waals surface area contributed by atoms with E-state index in [1.165, 1.54) is 31.7 Å². The third-order valence-electron chi connectivity index (χ3n) is 5.59. The molecule has 1 aromatic rings. The zero-order valence-electron chi connectivity index (χ0n) is 14.5. The predicted molar refractivity (Wildman–Crippen MR) is 91.2 cm³/mol. The number of halogens is 3. The van der Waals surface area contributed by atoms with Crippen LogP contribution in [0.15, 0.2) is 24.3 Å². The zero-order valence-corrected chi connectivity index (χ0v) is 14.5. The molecule has 1 aromatic carbocycles. The van der Waals surface area contributed by atoms with Crippen LogP contribution in [-0.2, 0) is 12.7 Å². The molecule has 25 heavy (non-hydrogen) atoms. The van der Waals surface area contributed by atoms with Crippen molar-refractivity contribution in [2.24, 2.45) is 0 Å². The summed E-state index contributed by atoms with van der Waals surface area (Å²) >= 11 is 0. The van der Waals surface area contributed by atoms with Crippen molar-refractivity contribution in [2.45, 2.75) is 56.9 Å². The normalized spacial score (nSPS) is 24.1. The molecule has 0 bridgehead atoms. The molecule has 1 atom stereocenters. The second-order valence-corrected chi connectivity index (χ2v) is 7.23. The van der Waals surface area contributed by atoms with Gasteiger partial charge in [-0.05, 0) is 30.9 Å². The highest BCUT2D eigenvalue weighted by atomic mass is 19.4. The van der Waals surface area contributed by atoms with Gasteiger partial charge in [-0.3, -0.25) is 9.80 Å². The maximum Gasteiger partial charge on any atom is 0.416 e. The van der Waals surface area contributed by atoms with Crippen LogP contribution in [0, 0.1) is 0 Å². The predicted octanol–water partition coefficient (Wildman–Crippen LogP) is 3.52. The van der Waals surface area contributed by atoms with Gasteiger partial charge in [0.25, 0.3) is 0 Å². The number of hydrogen-bond acceptors (Lipinski definition) is 3. The van der Waals surface area contributed by atoms with Gasteiger partial charge in [0.2, 0.25) is 0 Å². The number of aliphatic hydroxyl groups is 1. The average molecular weight is 356 g/mol. The van der Waals surface area contributed by atoms with Crippen LogP contribution in [0.4, 0.5) is 13.2 Å². The standard InChI is InChI=1S/C19H27F3N2O/c20-19(21,22)18-8-4-1-5-15(18)13-23-10-11-24(16-6-2-3-7-16)17(14-23)9-12-25/h1,4-5,8,16-17,25H,2-3,6-7,9-14H2/t17-/m0/s1. The van der Waals surface area contributed by atoms with E-state index in [2.05, 4.69) is 9.80 Å². The van der Waals surface area contributed by atoms with Crippen LogP contribution in [0.2, 0.25) is 0 Å². The molecule has 3 rings (SSSR count). The Balaban J connectivity index is 1.69. The van der Waals surface area contributed by atoms with Crippen molar-refractivity contribution in [2.75, 3.05) is 26.2 Å². The summed E-state index contributed by atoms with van der Waals surface area (Å²) in [7, 11) is 0. The number of rotatable bonds is 5. The van der Waals surface area contributed by atoms with Gasteiger partial charge in [0.1, 0.15) is 0 Å². The number of alkyl halides is 3. The van der Waals surface area contributed by atoms with E-state index in [1.807, 2.05) is 0 Å². The Kier molecular flexibility index (Phi) is 6.02. The van der Waals surface area contributed by atoms with Gasteiger partial charge in [-0.1, -0.05) is 31.0 Å². The lowest BCUT2D eigenvalue weighted by Gasteiger charge is -2.44. The number of aliphatic hydroxyl groups excluding tert-OH is 1. The van der Waals surface area contributed by atoms with Crippen LogP contribution in [0.1, 0.15) is 43.2 Å². The van der Waals surface area contributed by atoms with E-state index in [1.54, 1.807) is 12.1 Å². The average Bonchev–Trinajstić information content (AvgIpc) is 3.09. The van der Waals surface area contributed by atoms with Crippen LogP contribution >= 0.6 is 0 Å². The molecular formula is C19H27F3N2O. The number of piperazine rings is 1. The smallest absolute Gasteiger partial charge is 0.396 e. The fourth-order valence-corrected chi connectivity index (χ4v) is 4.38. The lowest BCUT2D eigenvalue weighted by molar-refractivity contribution is -0.138. The molecule has 2 fully saturated rings. The van der Waals surface area contributed by atoms with Crippen LogP contribution in [0.3, 0.4) is 0 Å². The molecule has 0 spiro atoms. The molecule has 0 aromatic heterocycles. The van der Waals surface area contributed by atoms with Gasteiger partial charge in [-0.2, -0.15) is 13.2 Å². The van der Waals surface area contributed by atoms with Crippen molar-refractivity contribution >= 4 is 0 Å². The summed E-state index contributed by atoms with van der Waals surface area (Å²) in [5, 5.41) is 9.41. The van der Waals surface area contributed by atoms with Crippen molar-refractivity contribution in [1.82, 2.24) is 9.80 Å². The molecule has 2 aliphatic rings. The molecule has 3 nitrogen and oxygen atoms in total. The minimum Gasteiger partial charge on any atom is -0.396 e. The minimum atomic E-state index is -4.31. The molecule has 1 N–H and O–H groups in total. The lowest BCUT2D eigenvalue weighted by atomic mass is 10.0. The lowest BCUT2D eigenvalue weighted by Crippen LogP contribution is -2.56. The Morgan fingerprint density at radius 1 is 1.08 bits per heavy atom. The molecule has 1 saturated heterocycles. The van der Waals surface area contributed by atoms with E-state index >= 15 is 0 Å². The first kappa shape index (κ1) is 18.7. The highest BCUT2D eigenvalue weighted by Crippen LogP contribution is 2.33. The molecule has 0 unspecified atom stereocenters. The summed E-state index contributed by atoms with van der Waals surface area (Å²) < 4.78 is 39.6. The van der Waals surface area contributed by atoms with Gasteiger partial charge >= 0.3 is 6.18 Å². The Bertz CT molecular complexity index is 558. The SMILES string of the molecule is OCC[C@H]1CN(Cc2ccccc2C(F)(F)F)CCN1C1CCCC1. The maximum absolute atomic E-state index is 13.2. The van der Waals surface area contributed by atoms with E-state index in [0.717, 1.165) is 25.7 Å². The van der Waals surface area contributed by atoms with E-state index in [4.69, 9.17) is 0 Å². The van der Waals surface area contributed by atoms with Gasteiger partial charge in [-0.15, -0.1) is 0 Å². The van der Waals surface area contributed by atoms with Crippen molar-refractivity contribution in [3.05, 3.63) is 35.4 Å². The molecule has 1 saturated carbocycles. The third-order valence-corrected chi connectivity index (χ3v) is 5.59. The first-order valence-corrected chi connectivity index (χ1v) is 9.23. The second-order valence-electron chi connectivity index (χ2n) is 7.23. The fourth-order valence-electron chi connectivity index (χ4n) is 4.38. The van der Waals surface area contributed by atoms with Crippen molar-refractivity contribution in [1.29, 1.82) is 0 Å². The number of benzene rings is 1. The summed E-state index contributed by atoms with van der Waals surface area (Å²) in [4.78, 5) is 4.60. The quantitative estimate of drug-likeness (QED) is 0.875. The minimum absolute atomic E-state index is 0.126. The summed E-state index contributed by atoms with van der Waals surface area (Å²) in [5.41, 5.74) is -0.195. The highest BCUT2D eigenvalue weighted by molar-refractivity contribution is 5.29. The highest BCUT2D eigenvalue weighted by Gasteiger charge is 2.35. The zero-order chi connectivity index (χ0) is 17.9. The molecule has 0 amide bonds.